The lowest BCUT2D eigenvalue weighted by Gasteiger charge is -1.97. The minimum Gasteiger partial charge on any atom is -0.237 e. The first-order valence-corrected chi connectivity index (χ1v) is 4.87. The highest BCUT2D eigenvalue weighted by atomic mass is 16.2. The van der Waals surface area contributed by atoms with Crippen molar-refractivity contribution in [1.82, 2.24) is 0 Å². The third-order valence-corrected chi connectivity index (χ3v) is 1.93. The average Bonchev–Trinajstić information content (AvgIpc) is 2.10. The predicted octanol–water partition coefficient (Wildman–Crippen LogP) is 3.06. The molecule has 0 aliphatic carbocycles. The Bertz CT molecular complexity index is 117. The van der Waals surface area contributed by atoms with Gasteiger partial charge >= 0.3 is 0 Å². The number of nitriles is 1. The highest BCUT2D eigenvalue weighted by Crippen LogP contribution is 2.07. The number of nitrogens with zero attached hydrogens (tertiary/aromatic N) is 1. The van der Waals surface area contributed by atoms with Gasteiger partial charge in [0, 0.05) is 6.42 Å². The fourth-order valence-electron chi connectivity index (χ4n) is 1.19. The van der Waals surface area contributed by atoms with E-state index in [1.54, 1.807) is 0 Å². The Morgan fingerprint density at radius 1 is 0.833 bits per heavy atom. The number of hydrogen-bond donors (Lipinski definition) is 0. The Labute approximate surface area is 75.2 Å². The Morgan fingerprint density at radius 2 is 1.33 bits per heavy atom. The van der Waals surface area contributed by atoms with Gasteiger partial charge in [-0.2, -0.15) is 5.26 Å². The van der Waals surface area contributed by atoms with E-state index in [4.69, 9.17) is 5.26 Å². The normalized spacial score (nSPS) is 9.67. The van der Waals surface area contributed by atoms with Crippen LogP contribution in [0.15, 0.2) is 0 Å². The van der Waals surface area contributed by atoms with Crippen LogP contribution in [0.3, 0.4) is 0 Å². The molecule has 0 fully saturated rings. The van der Waals surface area contributed by atoms with Crippen molar-refractivity contribution in [3.63, 3.8) is 0 Å². The van der Waals surface area contributed by atoms with Crippen LogP contribution in [-0.4, -0.2) is 6.61 Å². The number of rotatable bonds is 8. The average molecular weight is 168 g/mol. The van der Waals surface area contributed by atoms with Gasteiger partial charge in [-0.15, -0.1) is 0 Å². The topological polar surface area (TPSA) is 43.7 Å². The summed E-state index contributed by atoms with van der Waals surface area (Å²) in [6.45, 7) is 0.0778. The van der Waals surface area contributed by atoms with E-state index < -0.39 is 0 Å². The zero-order valence-electron chi connectivity index (χ0n) is 7.72. The maximum absolute atomic E-state index is 10.1. The van der Waals surface area contributed by atoms with Crippen molar-refractivity contribution < 1.29 is 5.11 Å². The molecule has 0 aromatic heterocycles. The van der Waals surface area contributed by atoms with Gasteiger partial charge in [0.2, 0.25) is 0 Å². The lowest BCUT2D eigenvalue weighted by molar-refractivity contribution is 0.186. The van der Waals surface area contributed by atoms with Gasteiger partial charge in [-0.25, -0.2) is 5.11 Å². The second kappa shape index (κ2) is 10.4. The summed E-state index contributed by atoms with van der Waals surface area (Å²) in [6, 6.07) is 2.14. The number of hydrogen-bond acceptors (Lipinski definition) is 1. The maximum Gasteiger partial charge on any atom is 0.0822 e. The van der Waals surface area contributed by atoms with Crippen molar-refractivity contribution in [2.24, 2.45) is 0 Å². The molecule has 0 amide bonds. The van der Waals surface area contributed by atoms with E-state index in [1.807, 2.05) is 0 Å². The summed E-state index contributed by atoms with van der Waals surface area (Å²) in [6.07, 6.45) is 8.46. The summed E-state index contributed by atoms with van der Waals surface area (Å²) in [5.74, 6) is 0. The molecule has 2 nitrogen and oxygen atoms in total. The van der Waals surface area contributed by atoms with Gasteiger partial charge in [-0.1, -0.05) is 32.1 Å². The van der Waals surface area contributed by atoms with Crippen LogP contribution in [0.5, 0.6) is 0 Å². The molecule has 0 spiro atoms. The first-order chi connectivity index (χ1) is 5.91. The van der Waals surface area contributed by atoms with E-state index in [2.05, 4.69) is 6.07 Å². The lowest BCUT2D eigenvalue weighted by atomic mass is 10.1. The maximum atomic E-state index is 10.1. The third kappa shape index (κ3) is 9.45. The summed E-state index contributed by atoms with van der Waals surface area (Å²) in [5.41, 5.74) is 0. The van der Waals surface area contributed by atoms with E-state index in [9.17, 15) is 5.11 Å². The molecule has 2 heteroatoms. The van der Waals surface area contributed by atoms with Gasteiger partial charge in [0.1, 0.15) is 0 Å². The van der Waals surface area contributed by atoms with E-state index >= 15 is 0 Å². The molecule has 0 aromatic rings. The fourth-order valence-corrected chi connectivity index (χ4v) is 1.19. The summed E-state index contributed by atoms with van der Waals surface area (Å²) in [7, 11) is 0. The Hall–Kier alpha value is -0.550. The van der Waals surface area contributed by atoms with Crippen molar-refractivity contribution in [3.05, 3.63) is 0 Å². The zero-order chi connectivity index (χ0) is 9.07. The lowest BCUT2D eigenvalue weighted by Crippen LogP contribution is -1.82. The smallest absolute Gasteiger partial charge is 0.0822 e. The molecule has 0 bridgehead atoms. The molecule has 0 aliphatic heterocycles. The second-order valence-corrected chi connectivity index (χ2v) is 3.09. The molecule has 0 heterocycles. The van der Waals surface area contributed by atoms with Gasteiger partial charge in [-0.3, -0.25) is 0 Å². The molecule has 0 rings (SSSR count). The SMILES string of the molecule is N#CCCCCCCCCC[O]. The van der Waals surface area contributed by atoms with Gasteiger partial charge in [0.25, 0.3) is 0 Å². The predicted molar refractivity (Wildman–Crippen MR) is 48.1 cm³/mol. The summed E-state index contributed by atoms with van der Waals surface area (Å²) >= 11 is 0. The van der Waals surface area contributed by atoms with Crippen LogP contribution < -0.4 is 0 Å². The van der Waals surface area contributed by atoms with Gasteiger partial charge in [-0.05, 0) is 12.8 Å². The van der Waals surface area contributed by atoms with Gasteiger partial charge in [0.15, 0.2) is 0 Å². The van der Waals surface area contributed by atoms with Gasteiger partial charge in [0.05, 0.1) is 12.7 Å². The molecular weight excluding hydrogens is 150 g/mol. The van der Waals surface area contributed by atoms with Crippen molar-refractivity contribution >= 4 is 0 Å². The van der Waals surface area contributed by atoms with Crippen LogP contribution in [0.2, 0.25) is 0 Å². The van der Waals surface area contributed by atoms with E-state index in [1.165, 1.54) is 25.7 Å². The van der Waals surface area contributed by atoms with Crippen molar-refractivity contribution in [3.8, 4) is 6.07 Å². The molecular formula is C10H18NO. The summed E-state index contributed by atoms with van der Waals surface area (Å²) < 4.78 is 0. The highest BCUT2D eigenvalue weighted by molar-refractivity contribution is 4.67. The fraction of sp³-hybridized carbons (Fsp3) is 0.900. The molecule has 12 heavy (non-hydrogen) atoms. The van der Waals surface area contributed by atoms with Gasteiger partial charge < -0.3 is 0 Å². The molecule has 0 saturated carbocycles. The van der Waals surface area contributed by atoms with Crippen LogP contribution >= 0.6 is 0 Å². The van der Waals surface area contributed by atoms with E-state index in [-0.39, 0.29) is 6.61 Å². The minimum absolute atomic E-state index is 0.0778. The van der Waals surface area contributed by atoms with Crippen LogP contribution in [0.4, 0.5) is 0 Å². The monoisotopic (exact) mass is 168 g/mol. The molecule has 0 aromatic carbocycles. The summed E-state index contributed by atoms with van der Waals surface area (Å²) in [4.78, 5) is 0. The molecule has 0 N–H and O–H groups in total. The minimum atomic E-state index is 0.0778. The molecule has 0 aliphatic rings. The third-order valence-electron chi connectivity index (χ3n) is 1.93. The zero-order valence-corrected chi connectivity index (χ0v) is 7.72. The Morgan fingerprint density at radius 3 is 1.83 bits per heavy atom. The van der Waals surface area contributed by atoms with Crippen LogP contribution in [0.25, 0.3) is 0 Å². The molecule has 0 atom stereocenters. The van der Waals surface area contributed by atoms with Crippen LogP contribution in [0.1, 0.15) is 51.4 Å². The Kier molecular flexibility index (Phi) is 9.97. The van der Waals surface area contributed by atoms with Crippen LogP contribution in [-0.2, 0) is 5.11 Å². The summed E-state index contributed by atoms with van der Waals surface area (Å²) in [5, 5.41) is 18.3. The highest BCUT2D eigenvalue weighted by Gasteiger charge is 1.90. The van der Waals surface area contributed by atoms with Crippen molar-refractivity contribution in [1.29, 1.82) is 5.26 Å². The molecule has 0 saturated heterocycles. The van der Waals surface area contributed by atoms with E-state index in [0.29, 0.717) is 6.42 Å². The first kappa shape index (κ1) is 11.4. The molecule has 1 radical (unpaired) electrons. The Balaban J connectivity index is 2.78. The second-order valence-electron chi connectivity index (χ2n) is 3.09. The quantitative estimate of drug-likeness (QED) is 0.513. The van der Waals surface area contributed by atoms with E-state index in [0.717, 1.165) is 19.3 Å². The van der Waals surface area contributed by atoms with Crippen LogP contribution in [0, 0.1) is 11.3 Å². The van der Waals surface area contributed by atoms with Crippen molar-refractivity contribution in [2.75, 3.05) is 6.61 Å². The number of unbranched alkanes of at least 4 members (excludes halogenated alkanes) is 7. The molecule has 0 unspecified atom stereocenters. The van der Waals surface area contributed by atoms with Crippen molar-refractivity contribution in [2.45, 2.75) is 51.4 Å². The largest absolute Gasteiger partial charge is 0.237 e. The molecule has 69 valence electrons. The first-order valence-electron chi connectivity index (χ1n) is 4.87. The standard InChI is InChI=1S/C10H18NO/c11-9-7-5-3-1-2-4-6-8-10-12/h1-8,10H2.